The predicted molar refractivity (Wildman–Crippen MR) is 118 cm³/mol. The molecule has 0 fully saturated rings. The molecule has 0 aromatic heterocycles. The van der Waals surface area contributed by atoms with Gasteiger partial charge in [0.2, 0.25) is 0 Å². The van der Waals surface area contributed by atoms with Gasteiger partial charge < -0.3 is 10.2 Å². The Labute approximate surface area is 172 Å². The molecule has 1 rings (SSSR count). The number of allylic oxidation sites excluding steroid dienone is 1. The first kappa shape index (κ1) is 25.0. The Morgan fingerprint density at radius 1 is 1.14 bits per heavy atom. The minimum atomic E-state index is -0.659. The molecular weight excluding hydrogens is 350 g/mol. The second-order valence-electron chi connectivity index (χ2n) is 9.49. The Morgan fingerprint density at radius 3 is 2.43 bits per heavy atom. The highest BCUT2D eigenvalue weighted by Crippen LogP contribution is 2.22. The summed E-state index contributed by atoms with van der Waals surface area (Å²) in [5.41, 5.74) is -1.24. The minimum Gasteiger partial charge on any atom is -0.303 e. The fraction of sp³-hybridized carbons (Fsp3) is 0.826. The van der Waals surface area contributed by atoms with Crippen LogP contribution < -0.4 is 10.6 Å². The second-order valence-corrected chi connectivity index (χ2v) is 9.49. The van der Waals surface area contributed by atoms with E-state index in [1.54, 1.807) is 0 Å². The summed E-state index contributed by atoms with van der Waals surface area (Å²) in [5.74, 6) is 0.269. The Morgan fingerprint density at radius 2 is 1.82 bits per heavy atom. The number of nitrogens with zero attached hydrogens (tertiary/aromatic N) is 1. The largest absolute Gasteiger partial charge is 0.303 e. The maximum Gasteiger partial charge on any atom is 0.166 e. The Hall–Kier alpha value is -1.04. The highest BCUT2D eigenvalue weighted by Gasteiger charge is 2.37. The van der Waals surface area contributed by atoms with Crippen LogP contribution in [0.25, 0.3) is 0 Å². The number of nitrogens with one attached hydrogen (secondary N) is 2. The number of hydrogen-bond acceptors (Lipinski definition) is 5. The van der Waals surface area contributed by atoms with Crippen LogP contribution in [0.4, 0.5) is 0 Å². The number of carbonyl (C=O) groups excluding carboxylic acids is 2. The van der Waals surface area contributed by atoms with Crippen LogP contribution in [0.1, 0.15) is 73.6 Å². The summed E-state index contributed by atoms with van der Waals surface area (Å²) < 4.78 is 0. The lowest BCUT2D eigenvalue weighted by Crippen LogP contribution is -2.59. The van der Waals surface area contributed by atoms with Gasteiger partial charge in [-0.05, 0) is 73.4 Å². The maximum absolute atomic E-state index is 13.2. The van der Waals surface area contributed by atoms with Crippen molar-refractivity contribution in [3.05, 3.63) is 12.2 Å². The molecule has 0 aromatic rings. The molecule has 0 amide bonds. The molecule has 162 valence electrons. The van der Waals surface area contributed by atoms with E-state index in [4.69, 9.17) is 0 Å². The Kier molecular flexibility index (Phi) is 10.0. The second kappa shape index (κ2) is 11.2. The van der Waals surface area contributed by atoms with Gasteiger partial charge in [-0.3, -0.25) is 14.9 Å². The molecule has 0 radical (unpaired) electrons. The predicted octanol–water partition coefficient (Wildman–Crippen LogP) is 3.34. The van der Waals surface area contributed by atoms with Crippen molar-refractivity contribution < 1.29 is 9.59 Å². The van der Waals surface area contributed by atoms with Gasteiger partial charge in [0, 0.05) is 18.5 Å². The van der Waals surface area contributed by atoms with Crippen molar-refractivity contribution in [3.63, 3.8) is 0 Å². The molecule has 0 aliphatic carbocycles. The standard InChI is InChI=1S/C23H43N3O2/c1-18(2)21(28)23(6)13-10-8-9-11-15-26(7)16-12-14-22(5,25-19(3)4)20(27)17-24-23/h9,11,18-19,24-25H,8,10,12-17H2,1-7H3/b11-9+/t22-,23-/m0/s1. The lowest BCUT2D eigenvalue weighted by atomic mass is 9.83. The van der Waals surface area contributed by atoms with Crippen LogP contribution in [0.3, 0.4) is 0 Å². The molecular formula is C23H43N3O2. The minimum absolute atomic E-state index is 0.0564. The maximum atomic E-state index is 13.2. The average molecular weight is 394 g/mol. The molecule has 0 unspecified atom stereocenters. The molecule has 2 N–H and O–H groups in total. The van der Waals surface area contributed by atoms with E-state index < -0.39 is 11.1 Å². The van der Waals surface area contributed by atoms with E-state index >= 15 is 0 Å². The molecule has 5 heteroatoms. The van der Waals surface area contributed by atoms with Crippen molar-refractivity contribution >= 4 is 11.6 Å². The summed E-state index contributed by atoms with van der Waals surface area (Å²) in [4.78, 5) is 28.4. The van der Waals surface area contributed by atoms with Gasteiger partial charge in [-0.25, -0.2) is 0 Å². The Bertz CT molecular complexity index is 544. The molecule has 0 saturated heterocycles. The van der Waals surface area contributed by atoms with Crippen LogP contribution in [-0.4, -0.2) is 60.3 Å². The molecule has 0 bridgehead atoms. The quantitative estimate of drug-likeness (QED) is 0.718. The highest BCUT2D eigenvalue weighted by atomic mass is 16.1. The van der Waals surface area contributed by atoms with Gasteiger partial charge in [-0.2, -0.15) is 0 Å². The van der Waals surface area contributed by atoms with Gasteiger partial charge in [0.15, 0.2) is 11.6 Å². The van der Waals surface area contributed by atoms with E-state index in [2.05, 4.69) is 48.6 Å². The highest BCUT2D eigenvalue weighted by molar-refractivity contribution is 5.93. The van der Waals surface area contributed by atoms with Crippen molar-refractivity contribution in [2.45, 2.75) is 90.8 Å². The van der Waals surface area contributed by atoms with Gasteiger partial charge in [0.25, 0.3) is 0 Å². The van der Waals surface area contributed by atoms with Crippen LogP contribution in [0.2, 0.25) is 0 Å². The third-order valence-electron chi connectivity index (χ3n) is 5.78. The topological polar surface area (TPSA) is 61.4 Å². The summed E-state index contributed by atoms with van der Waals surface area (Å²) in [6.45, 7) is 14.1. The molecule has 0 aromatic carbocycles. The first-order valence-corrected chi connectivity index (χ1v) is 10.9. The fourth-order valence-corrected chi connectivity index (χ4v) is 4.08. The lowest BCUT2D eigenvalue weighted by Gasteiger charge is -2.35. The first-order valence-electron chi connectivity index (χ1n) is 10.9. The number of likely N-dealkylation sites (N-methyl/N-ethyl adjacent to an activating group) is 1. The number of carbonyl (C=O) groups is 2. The number of Topliss-reactive ketones (excluding diaryl/α,β-unsaturated/α-hetero) is 2. The number of ketones is 2. The smallest absolute Gasteiger partial charge is 0.166 e. The summed E-state index contributed by atoms with van der Waals surface area (Å²) in [6.07, 6.45) is 8.79. The van der Waals surface area contributed by atoms with E-state index in [9.17, 15) is 9.59 Å². The van der Waals surface area contributed by atoms with Crippen molar-refractivity contribution in [3.8, 4) is 0 Å². The molecule has 0 saturated carbocycles. The van der Waals surface area contributed by atoms with E-state index in [-0.39, 0.29) is 30.1 Å². The molecule has 28 heavy (non-hydrogen) atoms. The van der Waals surface area contributed by atoms with Gasteiger partial charge in [0.1, 0.15) is 0 Å². The molecule has 1 aliphatic rings. The number of rotatable bonds is 4. The summed E-state index contributed by atoms with van der Waals surface area (Å²) in [7, 11) is 2.12. The molecule has 5 nitrogen and oxygen atoms in total. The third kappa shape index (κ3) is 7.76. The fourth-order valence-electron chi connectivity index (χ4n) is 4.08. The van der Waals surface area contributed by atoms with E-state index in [0.717, 1.165) is 45.2 Å². The van der Waals surface area contributed by atoms with Crippen LogP contribution in [0, 0.1) is 5.92 Å². The molecule has 1 aliphatic heterocycles. The normalized spacial score (nSPS) is 30.8. The van der Waals surface area contributed by atoms with Crippen molar-refractivity contribution in [2.75, 3.05) is 26.7 Å². The zero-order chi connectivity index (χ0) is 21.4. The van der Waals surface area contributed by atoms with Gasteiger partial charge in [-0.1, -0.05) is 26.0 Å². The summed E-state index contributed by atoms with van der Waals surface area (Å²) in [6, 6.07) is 0.223. The molecule has 2 atom stereocenters. The SMILES string of the molecule is CC(C)N[C@@]1(C)CCCN(C)C/C=C/CCC[C@@](C)(C(=O)C(C)C)NCC1=O. The van der Waals surface area contributed by atoms with Gasteiger partial charge in [-0.15, -0.1) is 0 Å². The number of hydrogen-bond donors (Lipinski definition) is 2. The monoisotopic (exact) mass is 393 g/mol. The lowest BCUT2D eigenvalue weighted by molar-refractivity contribution is -0.129. The van der Waals surface area contributed by atoms with Gasteiger partial charge in [0.05, 0.1) is 17.6 Å². The third-order valence-corrected chi connectivity index (χ3v) is 5.78. The van der Waals surface area contributed by atoms with Crippen LogP contribution >= 0.6 is 0 Å². The van der Waals surface area contributed by atoms with Gasteiger partial charge >= 0.3 is 0 Å². The van der Waals surface area contributed by atoms with E-state index in [1.807, 2.05) is 27.7 Å². The molecule has 1 heterocycles. The van der Waals surface area contributed by atoms with E-state index in [0.29, 0.717) is 0 Å². The zero-order valence-electron chi connectivity index (χ0n) is 19.2. The summed E-state index contributed by atoms with van der Waals surface area (Å²) >= 11 is 0. The van der Waals surface area contributed by atoms with Crippen LogP contribution in [0.15, 0.2) is 12.2 Å². The van der Waals surface area contributed by atoms with Crippen molar-refractivity contribution in [1.29, 1.82) is 0 Å². The van der Waals surface area contributed by atoms with Crippen molar-refractivity contribution in [1.82, 2.24) is 15.5 Å². The van der Waals surface area contributed by atoms with Crippen LogP contribution in [0.5, 0.6) is 0 Å². The molecule has 0 spiro atoms. The van der Waals surface area contributed by atoms with Crippen LogP contribution in [-0.2, 0) is 9.59 Å². The average Bonchev–Trinajstić information content (AvgIpc) is 2.60. The summed E-state index contributed by atoms with van der Waals surface area (Å²) in [5, 5.41) is 6.85. The first-order chi connectivity index (χ1) is 13.0. The Balaban J connectivity index is 3.06. The van der Waals surface area contributed by atoms with E-state index in [1.165, 1.54) is 0 Å². The zero-order valence-corrected chi connectivity index (χ0v) is 19.2. The van der Waals surface area contributed by atoms with Crippen molar-refractivity contribution in [2.24, 2.45) is 5.92 Å².